The Kier molecular flexibility index (Phi) is 4.50. The summed E-state index contributed by atoms with van der Waals surface area (Å²) < 4.78 is 13.8. The first-order valence-corrected chi connectivity index (χ1v) is 6.57. The van der Waals surface area contributed by atoms with Gasteiger partial charge < -0.3 is 10.4 Å². The number of hydrogen-bond donors (Lipinski definition) is 2. The van der Waals surface area contributed by atoms with Crippen LogP contribution >= 0.6 is 0 Å². The van der Waals surface area contributed by atoms with Crippen molar-refractivity contribution in [1.82, 2.24) is 5.32 Å². The third kappa shape index (κ3) is 3.66. The van der Waals surface area contributed by atoms with Crippen LogP contribution in [0.5, 0.6) is 0 Å². The van der Waals surface area contributed by atoms with E-state index < -0.39 is 11.8 Å². The minimum Gasteiger partial charge on any atom is -0.478 e. The minimum atomic E-state index is -1.15. The van der Waals surface area contributed by atoms with E-state index in [1.54, 1.807) is 0 Å². The molecule has 4 nitrogen and oxygen atoms in total. The molecule has 1 aliphatic carbocycles. The Balaban J connectivity index is 2.07. The van der Waals surface area contributed by atoms with E-state index in [9.17, 15) is 14.0 Å². The number of hydrogen-bond acceptors (Lipinski definition) is 2. The van der Waals surface area contributed by atoms with Crippen molar-refractivity contribution < 1.29 is 19.1 Å². The Morgan fingerprint density at radius 3 is 2.60 bits per heavy atom. The van der Waals surface area contributed by atoms with E-state index in [1.165, 1.54) is 12.1 Å². The van der Waals surface area contributed by atoms with Crippen LogP contribution in [0.3, 0.4) is 0 Å². The van der Waals surface area contributed by atoms with Crippen molar-refractivity contribution in [3.8, 4) is 0 Å². The first-order chi connectivity index (χ1) is 9.56. The third-order valence-electron chi connectivity index (χ3n) is 3.36. The first kappa shape index (κ1) is 14.2. The van der Waals surface area contributed by atoms with E-state index in [4.69, 9.17) is 5.11 Å². The Hall–Kier alpha value is -2.17. The molecule has 1 saturated carbocycles. The molecule has 0 radical (unpaired) electrons. The van der Waals surface area contributed by atoms with Gasteiger partial charge in [-0.15, -0.1) is 0 Å². The molecule has 1 aromatic rings. The smallest absolute Gasteiger partial charge is 0.328 e. The summed E-state index contributed by atoms with van der Waals surface area (Å²) in [7, 11) is 0. The maximum Gasteiger partial charge on any atom is 0.328 e. The van der Waals surface area contributed by atoms with E-state index in [0.29, 0.717) is 0 Å². The summed E-state index contributed by atoms with van der Waals surface area (Å²) in [5.74, 6) is -2.04. The number of carbonyl (C=O) groups excluding carboxylic acids is 1. The molecule has 1 aliphatic rings. The highest BCUT2D eigenvalue weighted by atomic mass is 19.1. The molecule has 0 heterocycles. The van der Waals surface area contributed by atoms with Gasteiger partial charge in [0.1, 0.15) is 5.82 Å². The van der Waals surface area contributed by atoms with Crippen molar-refractivity contribution in [3.05, 3.63) is 41.2 Å². The summed E-state index contributed by atoms with van der Waals surface area (Å²) >= 11 is 0. The van der Waals surface area contributed by atoms with Crippen LogP contribution < -0.4 is 5.32 Å². The van der Waals surface area contributed by atoms with Crippen LogP contribution in [-0.4, -0.2) is 23.0 Å². The molecule has 2 rings (SSSR count). The standard InChI is InChI=1S/C15H16FNO3/c16-13-9-11(6-5-10(13)7-8-14(18)19)15(20)17-12-3-1-2-4-12/h5-9,12H,1-4H2,(H,17,20)(H,18,19). The zero-order valence-corrected chi connectivity index (χ0v) is 10.9. The van der Waals surface area contributed by atoms with Crippen LogP contribution in [0, 0.1) is 5.82 Å². The monoisotopic (exact) mass is 277 g/mol. The highest BCUT2D eigenvalue weighted by molar-refractivity contribution is 5.94. The van der Waals surface area contributed by atoms with Crippen molar-refractivity contribution in [2.45, 2.75) is 31.7 Å². The molecule has 106 valence electrons. The summed E-state index contributed by atoms with van der Waals surface area (Å²) in [5, 5.41) is 11.4. The van der Waals surface area contributed by atoms with Crippen LogP contribution in [0.15, 0.2) is 24.3 Å². The third-order valence-corrected chi connectivity index (χ3v) is 3.36. The highest BCUT2D eigenvalue weighted by Crippen LogP contribution is 2.19. The number of carbonyl (C=O) groups is 2. The lowest BCUT2D eigenvalue weighted by molar-refractivity contribution is -0.131. The molecule has 1 fully saturated rings. The Morgan fingerprint density at radius 2 is 2.00 bits per heavy atom. The minimum absolute atomic E-state index is 0.143. The summed E-state index contributed by atoms with van der Waals surface area (Å²) in [5.41, 5.74) is 0.395. The summed E-state index contributed by atoms with van der Waals surface area (Å²) in [4.78, 5) is 22.3. The van der Waals surface area contributed by atoms with Crippen LogP contribution in [0.25, 0.3) is 6.08 Å². The van der Waals surface area contributed by atoms with Crippen molar-refractivity contribution in [3.63, 3.8) is 0 Å². The normalized spacial score (nSPS) is 15.7. The number of halogens is 1. The predicted octanol–water partition coefficient (Wildman–Crippen LogP) is 2.60. The number of aliphatic carboxylic acids is 1. The van der Waals surface area contributed by atoms with Gasteiger partial charge in [-0.25, -0.2) is 9.18 Å². The molecular weight excluding hydrogens is 261 g/mol. The summed E-state index contributed by atoms with van der Waals surface area (Å²) in [6.45, 7) is 0. The zero-order valence-electron chi connectivity index (χ0n) is 10.9. The average Bonchev–Trinajstić information content (AvgIpc) is 2.89. The number of benzene rings is 1. The van der Waals surface area contributed by atoms with Gasteiger partial charge in [0.15, 0.2) is 0 Å². The second kappa shape index (κ2) is 6.32. The SMILES string of the molecule is O=C(O)C=Cc1ccc(C(=O)NC2CCCC2)cc1F. The molecule has 5 heteroatoms. The van der Waals surface area contributed by atoms with Gasteiger partial charge in [0.25, 0.3) is 5.91 Å². The number of nitrogens with one attached hydrogen (secondary N) is 1. The van der Waals surface area contributed by atoms with Crippen LogP contribution in [0.1, 0.15) is 41.6 Å². The summed E-state index contributed by atoms with van der Waals surface area (Å²) in [6, 6.07) is 4.20. The lowest BCUT2D eigenvalue weighted by Gasteiger charge is -2.12. The van der Waals surface area contributed by atoms with Gasteiger partial charge in [0.2, 0.25) is 0 Å². The molecule has 1 amide bonds. The van der Waals surface area contributed by atoms with E-state index in [2.05, 4.69) is 5.32 Å². The molecule has 0 unspecified atom stereocenters. The zero-order chi connectivity index (χ0) is 14.5. The molecule has 20 heavy (non-hydrogen) atoms. The fourth-order valence-electron chi connectivity index (χ4n) is 2.30. The second-order valence-electron chi connectivity index (χ2n) is 4.86. The largest absolute Gasteiger partial charge is 0.478 e. The number of amides is 1. The Morgan fingerprint density at radius 1 is 1.30 bits per heavy atom. The molecule has 0 spiro atoms. The molecule has 0 aliphatic heterocycles. The topological polar surface area (TPSA) is 66.4 Å². The molecule has 1 aromatic carbocycles. The van der Waals surface area contributed by atoms with Gasteiger partial charge in [-0.05, 0) is 31.1 Å². The van der Waals surface area contributed by atoms with Crippen molar-refractivity contribution >= 4 is 18.0 Å². The van der Waals surface area contributed by atoms with Crippen LogP contribution in [-0.2, 0) is 4.79 Å². The van der Waals surface area contributed by atoms with Crippen molar-refractivity contribution in [1.29, 1.82) is 0 Å². The van der Waals surface area contributed by atoms with Gasteiger partial charge >= 0.3 is 5.97 Å². The first-order valence-electron chi connectivity index (χ1n) is 6.57. The van der Waals surface area contributed by atoms with Gasteiger partial charge in [0.05, 0.1) is 0 Å². The van der Waals surface area contributed by atoms with Crippen LogP contribution in [0.2, 0.25) is 0 Å². The number of carboxylic acid groups (broad SMARTS) is 1. The van der Waals surface area contributed by atoms with E-state index >= 15 is 0 Å². The fraction of sp³-hybridized carbons (Fsp3) is 0.333. The van der Waals surface area contributed by atoms with Gasteiger partial charge in [0, 0.05) is 23.2 Å². The maximum atomic E-state index is 13.8. The fourth-order valence-corrected chi connectivity index (χ4v) is 2.30. The Labute approximate surface area is 116 Å². The van der Waals surface area contributed by atoms with Gasteiger partial charge in [-0.3, -0.25) is 4.79 Å². The molecular formula is C15H16FNO3. The molecule has 0 bridgehead atoms. The second-order valence-corrected chi connectivity index (χ2v) is 4.86. The Bertz CT molecular complexity index is 548. The molecule has 2 N–H and O–H groups in total. The lowest BCUT2D eigenvalue weighted by atomic mass is 10.1. The molecule has 0 saturated heterocycles. The predicted molar refractivity (Wildman–Crippen MR) is 72.8 cm³/mol. The van der Waals surface area contributed by atoms with E-state index in [0.717, 1.165) is 43.9 Å². The molecule has 0 aromatic heterocycles. The quantitative estimate of drug-likeness (QED) is 0.831. The lowest BCUT2D eigenvalue weighted by Crippen LogP contribution is -2.32. The van der Waals surface area contributed by atoms with Crippen molar-refractivity contribution in [2.75, 3.05) is 0 Å². The van der Waals surface area contributed by atoms with Crippen molar-refractivity contribution in [2.24, 2.45) is 0 Å². The van der Waals surface area contributed by atoms with E-state index in [-0.39, 0.29) is 23.1 Å². The maximum absolute atomic E-state index is 13.8. The highest BCUT2D eigenvalue weighted by Gasteiger charge is 2.18. The van der Waals surface area contributed by atoms with Gasteiger partial charge in [-0.1, -0.05) is 18.9 Å². The number of rotatable bonds is 4. The van der Waals surface area contributed by atoms with E-state index in [1.807, 2.05) is 0 Å². The van der Waals surface area contributed by atoms with Crippen LogP contribution in [0.4, 0.5) is 4.39 Å². The average molecular weight is 277 g/mol. The van der Waals surface area contributed by atoms with Gasteiger partial charge in [-0.2, -0.15) is 0 Å². The summed E-state index contributed by atoms with van der Waals surface area (Å²) in [6.07, 6.45) is 6.17. The number of carboxylic acids is 1. The molecule has 0 atom stereocenters.